The molecule has 2 aromatic heterocycles. The van der Waals surface area contributed by atoms with E-state index in [1.165, 1.54) is 12.7 Å². The number of ether oxygens (including phenoxy) is 3. The lowest BCUT2D eigenvalue weighted by Gasteiger charge is -2.17. The standard InChI is InChI=1S/C22H26N6O6/c29-12-23-7-13-2-1-3-15(6-13)33-9-16-18(30)19(31)22(34-16)28-11-26-17-20(24-10-25-21(17)28)27-14-4-5-32-8-14/h1-3,6,10-12,14,16,18-19,22,30-31H,4-5,7-9H2,(H,23,29)(H,24,25,27)/t14-,16-,18-,19-,22-/m1/s1. The molecule has 2 aliphatic heterocycles. The molecule has 12 heteroatoms. The molecule has 180 valence electrons. The summed E-state index contributed by atoms with van der Waals surface area (Å²) in [6.45, 7) is 1.70. The van der Waals surface area contributed by atoms with Crippen molar-refractivity contribution in [3.8, 4) is 5.75 Å². The van der Waals surface area contributed by atoms with E-state index in [0.29, 0.717) is 48.9 Å². The van der Waals surface area contributed by atoms with Crippen molar-refractivity contribution in [1.29, 1.82) is 0 Å². The number of rotatable bonds is 9. The van der Waals surface area contributed by atoms with Crippen LogP contribution in [-0.2, 0) is 20.8 Å². The van der Waals surface area contributed by atoms with Crippen LogP contribution in [0.1, 0.15) is 18.2 Å². The summed E-state index contributed by atoms with van der Waals surface area (Å²) in [5, 5.41) is 27.2. The largest absolute Gasteiger partial charge is 0.491 e. The molecule has 3 aromatic rings. The summed E-state index contributed by atoms with van der Waals surface area (Å²) in [6.07, 6.45) is 0.401. The molecule has 0 spiro atoms. The lowest BCUT2D eigenvalue weighted by Crippen LogP contribution is -2.34. The van der Waals surface area contributed by atoms with Crippen LogP contribution < -0.4 is 15.4 Å². The Morgan fingerprint density at radius 1 is 1.24 bits per heavy atom. The fourth-order valence-electron chi connectivity index (χ4n) is 4.17. The molecule has 4 heterocycles. The Balaban J connectivity index is 1.28. The number of imidazole rings is 1. The van der Waals surface area contributed by atoms with Crippen LogP contribution in [-0.4, -0.2) is 80.3 Å². The van der Waals surface area contributed by atoms with Gasteiger partial charge in [0.1, 0.15) is 37.0 Å². The summed E-state index contributed by atoms with van der Waals surface area (Å²) in [5.41, 5.74) is 1.89. The van der Waals surface area contributed by atoms with Gasteiger partial charge in [-0.3, -0.25) is 9.36 Å². The average molecular weight is 470 g/mol. The van der Waals surface area contributed by atoms with Crippen LogP contribution in [0.25, 0.3) is 11.2 Å². The number of carbonyl (C=O) groups is 1. The molecule has 5 atom stereocenters. The van der Waals surface area contributed by atoms with Gasteiger partial charge in [-0.2, -0.15) is 0 Å². The van der Waals surface area contributed by atoms with E-state index in [-0.39, 0.29) is 12.6 Å². The van der Waals surface area contributed by atoms with Gasteiger partial charge in [0.2, 0.25) is 6.41 Å². The minimum atomic E-state index is -1.20. The van der Waals surface area contributed by atoms with Crippen molar-refractivity contribution in [3.05, 3.63) is 42.5 Å². The van der Waals surface area contributed by atoms with Crippen LogP contribution in [0.2, 0.25) is 0 Å². The van der Waals surface area contributed by atoms with E-state index < -0.39 is 24.5 Å². The van der Waals surface area contributed by atoms with Crippen LogP contribution in [0, 0.1) is 0 Å². The summed E-state index contributed by atoms with van der Waals surface area (Å²) in [6, 6.07) is 7.37. The lowest BCUT2D eigenvalue weighted by molar-refractivity contribution is -0.109. The third kappa shape index (κ3) is 4.53. The van der Waals surface area contributed by atoms with Gasteiger partial charge in [-0.05, 0) is 24.1 Å². The molecular formula is C22H26N6O6. The van der Waals surface area contributed by atoms with Gasteiger partial charge in [-0.25, -0.2) is 15.0 Å². The number of carbonyl (C=O) groups excluding carboxylic acids is 1. The first-order valence-corrected chi connectivity index (χ1v) is 11.1. The zero-order chi connectivity index (χ0) is 23.5. The van der Waals surface area contributed by atoms with E-state index in [1.54, 1.807) is 22.8 Å². The van der Waals surface area contributed by atoms with E-state index in [0.717, 1.165) is 12.0 Å². The molecule has 0 aliphatic carbocycles. The highest BCUT2D eigenvalue weighted by atomic mass is 16.6. The van der Waals surface area contributed by atoms with Crippen molar-refractivity contribution in [2.24, 2.45) is 0 Å². The van der Waals surface area contributed by atoms with E-state index in [2.05, 4.69) is 25.6 Å². The second-order valence-corrected chi connectivity index (χ2v) is 8.25. The highest BCUT2D eigenvalue weighted by Crippen LogP contribution is 2.33. The van der Waals surface area contributed by atoms with Crippen LogP contribution in [0.4, 0.5) is 5.82 Å². The molecule has 0 unspecified atom stereocenters. The molecule has 2 saturated heterocycles. The van der Waals surface area contributed by atoms with Gasteiger partial charge in [0.15, 0.2) is 23.2 Å². The number of amides is 1. The quantitative estimate of drug-likeness (QED) is 0.314. The summed E-state index contributed by atoms with van der Waals surface area (Å²) < 4.78 is 18.8. The Morgan fingerprint density at radius 3 is 2.97 bits per heavy atom. The third-order valence-corrected chi connectivity index (χ3v) is 5.94. The molecule has 2 aliphatic rings. The second kappa shape index (κ2) is 9.89. The summed E-state index contributed by atoms with van der Waals surface area (Å²) in [7, 11) is 0. The number of hydrogen-bond acceptors (Lipinski definition) is 10. The van der Waals surface area contributed by atoms with Crippen LogP contribution in [0.3, 0.4) is 0 Å². The number of fused-ring (bicyclic) bond motifs is 1. The Hall–Kier alpha value is -3.32. The molecular weight excluding hydrogens is 444 g/mol. The van der Waals surface area contributed by atoms with Gasteiger partial charge in [-0.15, -0.1) is 0 Å². The molecule has 2 fully saturated rings. The number of aliphatic hydroxyl groups is 2. The van der Waals surface area contributed by atoms with Crippen molar-refractivity contribution in [2.45, 2.75) is 43.5 Å². The molecule has 0 bridgehead atoms. The molecule has 12 nitrogen and oxygen atoms in total. The van der Waals surface area contributed by atoms with E-state index in [4.69, 9.17) is 14.2 Å². The minimum absolute atomic E-state index is 0.0232. The maximum absolute atomic E-state index is 10.7. The first-order valence-electron chi connectivity index (χ1n) is 11.1. The van der Waals surface area contributed by atoms with E-state index in [1.807, 2.05) is 6.07 Å². The molecule has 4 N–H and O–H groups in total. The molecule has 1 aromatic carbocycles. The molecule has 1 amide bonds. The fourth-order valence-corrected chi connectivity index (χ4v) is 4.17. The first kappa shape index (κ1) is 22.5. The highest BCUT2D eigenvalue weighted by molar-refractivity contribution is 5.82. The van der Waals surface area contributed by atoms with Gasteiger partial charge >= 0.3 is 0 Å². The lowest BCUT2D eigenvalue weighted by atomic mass is 10.1. The van der Waals surface area contributed by atoms with Crippen molar-refractivity contribution in [1.82, 2.24) is 24.8 Å². The van der Waals surface area contributed by atoms with Gasteiger partial charge < -0.3 is 35.1 Å². The predicted molar refractivity (Wildman–Crippen MR) is 119 cm³/mol. The fraction of sp³-hybridized carbons (Fsp3) is 0.455. The van der Waals surface area contributed by atoms with Gasteiger partial charge in [0, 0.05) is 13.2 Å². The number of hydrogen-bond donors (Lipinski definition) is 4. The zero-order valence-electron chi connectivity index (χ0n) is 18.3. The minimum Gasteiger partial charge on any atom is -0.491 e. The number of benzene rings is 1. The predicted octanol–water partition coefficient (Wildman–Crippen LogP) is -0.0287. The van der Waals surface area contributed by atoms with Crippen LogP contribution in [0.5, 0.6) is 5.75 Å². The van der Waals surface area contributed by atoms with Gasteiger partial charge in [0.25, 0.3) is 0 Å². The van der Waals surface area contributed by atoms with Crippen molar-refractivity contribution < 1.29 is 29.2 Å². The van der Waals surface area contributed by atoms with Gasteiger partial charge in [0.05, 0.1) is 19.0 Å². The van der Waals surface area contributed by atoms with Crippen LogP contribution >= 0.6 is 0 Å². The van der Waals surface area contributed by atoms with Crippen LogP contribution in [0.15, 0.2) is 36.9 Å². The Labute approximate surface area is 194 Å². The van der Waals surface area contributed by atoms with E-state index in [9.17, 15) is 15.0 Å². The van der Waals surface area contributed by atoms with Gasteiger partial charge in [-0.1, -0.05) is 12.1 Å². The maximum Gasteiger partial charge on any atom is 0.207 e. The highest BCUT2D eigenvalue weighted by Gasteiger charge is 2.44. The Morgan fingerprint density at radius 2 is 2.15 bits per heavy atom. The number of nitrogens with zero attached hydrogens (tertiary/aromatic N) is 4. The smallest absolute Gasteiger partial charge is 0.207 e. The first-order chi connectivity index (χ1) is 16.6. The number of aromatic nitrogens is 4. The van der Waals surface area contributed by atoms with Crippen molar-refractivity contribution in [3.63, 3.8) is 0 Å². The Bertz CT molecular complexity index is 1140. The van der Waals surface area contributed by atoms with Crippen molar-refractivity contribution >= 4 is 23.4 Å². The third-order valence-electron chi connectivity index (χ3n) is 5.94. The summed E-state index contributed by atoms with van der Waals surface area (Å²) in [4.78, 5) is 23.5. The zero-order valence-corrected chi connectivity index (χ0v) is 18.3. The topological polar surface area (TPSA) is 153 Å². The summed E-state index contributed by atoms with van der Waals surface area (Å²) >= 11 is 0. The molecule has 5 rings (SSSR count). The summed E-state index contributed by atoms with van der Waals surface area (Å²) in [5.74, 6) is 1.14. The van der Waals surface area contributed by atoms with Crippen molar-refractivity contribution in [2.75, 3.05) is 25.1 Å². The SMILES string of the molecule is O=CNCc1cccc(OC[C@H]2O[C@@H](n3cnc4c(N[C@@H]5CCOC5)ncnc43)[C@H](O)[C@@H]2O)c1. The van der Waals surface area contributed by atoms with E-state index >= 15 is 0 Å². The molecule has 0 radical (unpaired) electrons. The Kier molecular flexibility index (Phi) is 6.54. The normalized spacial score (nSPS) is 26.6. The number of nitrogens with one attached hydrogen (secondary N) is 2. The average Bonchev–Trinajstić information content (AvgIpc) is 3.58. The number of aliphatic hydroxyl groups excluding tert-OH is 2. The monoisotopic (exact) mass is 470 g/mol. The molecule has 0 saturated carbocycles. The molecule has 34 heavy (non-hydrogen) atoms. The second-order valence-electron chi connectivity index (χ2n) is 8.25. The number of anilines is 1. The maximum atomic E-state index is 10.7.